The van der Waals surface area contributed by atoms with Gasteiger partial charge < -0.3 is 5.73 Å². The SMILES string of the molecule is Cc1ccc(C=CCC(N)=O)c(C=O)c1. The fraction of sp³-hybridized carbons (Fsp3) is 0.167. The number of primary amides is 1. The molecule has 0 atom stereocenters. The molecule has 2 N–H and O–H groups in total. The minimum Gasteiger partial charge on any atom is -0.369 e. The highest BCUT2D eigenvalue weighted by molar-refractivity contribution is 5.83. The lowest BCUT2D eigenvalue weighted by Gasteiger charge is -2.00. The van der Waals surface area contributed by atoms with Gasteiger partial charge in [0.2, 0.25) is 5.91 Å². The summed E-state index contributed by atoms with van der Waals surface area (Å²) in [5.74, 6) is -0.383. The molecule has 15 heavy (non-hydrogen) atoms. The van der Waals surface area contributed by atoms with Crippen LogP contribution in [-0.2, 0) is 4.79 Å². The molecule has 1 amide bonds. The number of aldehydes is 1. The van der Waals surface area contributed by atoms with Crippen molar-refractivity contribution in [3.05, 3.63) is 41.0 Å². The van der Waals surface area contributed by atoms with Gasteiger partial charge in [0.05, 0.1) is 0 Å². The van der Waals surface area contributed by atoms with Gasteiger partial charge in [0.15, 0.2) is 6.29 Å². The highest BCUT2D eigenvalue weighted by Gasteiger charge is 1.98. The Labute approximate surface area is 88.6 Å². The van der Waals surface area contributed by atoms with E-state index < -0.39 is 0 Å². The first kappa shape index (κ1) is 11.2. The number of benzene rings is 1. The molecule has 0 saturated carbocycles. The van der Waals surface area contributed by atoms with Crippen LogP contribution in [0.15, 0.2) is 24.3 Å². The minimum atomic E-state index is -0.383. The molecule has 0 unspecified atom stereocenters. The zero-order valence-corrected chi connectivity index (χ0v) is 8.57. The molecule has 1 aromatic carbocycles. The molecule has 0 bridgehead atoms. The average molecular weight is 203 g/mol. The smallest absolute Gasteiger partial charge is 0.221 e. The molecule has 3 heteroatoms. The number of carbonyl (C=O) groups excluding carboxylic acids is 2. The third kappa shape index (κ3) is 3.38. The summed E-state index contributed by atoms with van der Waals surface area (Å²) < 4.78 is 0. The van der Waals surface area contributed by atoms with Crippen molar-refractivity contribution >= 4 is 18.3 Å². The quantitative estimate of drug-likeness (QED) is 0.757. The monoisotopic (exact) mass is 203 g/mol. The summed E-state index contributed by atoms with van der Waals surface area (Å²) in [6, 6.07) is 5.56. The van der Waals surface area contributed by atoms with Crippen molar-refractivity contribution < 1.29 is 9.59 Å². The molecule has 1 aromatic rings. The highest BCUT2D eigenvalue weighted by atomic mass is 16.1. The standard InChI is InChI=1S/C12H13NO2/c1-9-5-6-10(11(7-9)8-14)3-2-4-12(13)15/h2-3,5-8H,4H2,1H3,(H2,13,15). The first-order chi connectivity index (χ1) is 7.13. The van der Waals surface area contributed by atoms with Crippen molar-refractivity contribution in [1.29, 1.82) is 0 Å². The van der Waals surface area contributed by atoms with Gasteiger partial charge in [-0.1, -0.05) is 29.8 Å². The predicted molar refractivity (Wildman–Crippen MR) is 59.4 cm³/mol. The van der Waals surface area contributed by atoms with E-state index in [2.05, 4.69) is 0 Å². The Hall–Kier alpha value is -1.90. The van der Waals surface area contributed by atoms with Crippen LogP contribution in [0, 0.1) is 6.92 Å². The van der Waals surface area contributed by atoms with Gasteiger partial charge in [-0.25, -0.2) is 0 Å². The van der Waals surface area contributed by atoms with E-state index in [9.17, 15) is 9.59 Å². The molecule has 0 fully saturated rings. The van der Waals surface area contributed by atoms with Crippen molar-refractivity contribution in [3.8, 4) is 0 Å². The Bertz CT molecular complexity index is 408. The van der Waals surface area contributed by atoms with Crippen LogP contribution >= 0.6 is 0 Å². The van der Waals surface area contributed by atoms with Crippen LogP contribution in [0.2, 0.25) is 0 Å². The third-order valence-corrected chi connectivity index (χ3v) is 1.99. The number of carbonyl (C=O) groups is 2. The van der Waals surface area contributed by atoms with Gasteiger partial charge in [0.1, 0.15) is 0 Å². The molecule has 0 aliphatic carbocycles. The third-order valence-electron chi connectivity index (χ3n) is 1.99. The summed E-state index contributed by atoms with van der Waals surface area (Å²) in [4.78, 5) is 21.3. The summed E-state index contributed by atoms with van der Waals surface area (Å²) >= 11 is 0. The maximum atomic E-state index is 10.8. The second-order valence-electron chi connectivity index (χ2n) is 3.32. The zero-order valence-electron chi connectivity index (χ0n) is 8.57. The lowest BCUT2D eigenvalue weighted by molar-refractivity contribution is -0.117. The molecular formula is C12H13NO2. The van der Waals surface area contributed by atoms with Crippen molar-refractivity contribution in [2.45, 2.75) is 13.3 Å². The molecule has 0 heterocycles. The molecule has 0 aliphatic rings. The number of aryl methyl sites for hydroxylation is 1. The van der Waals surface area contributed by atoms with Crippen molar-refractivity contribution in [2.75, 3.05) is 0 Å². The molecule has 0 saturated heterocycles. The van der Waals surface area contributed by atoms with E-state index in [1.54, 1.807) is 18.2 Å². The van der Waals surface area contributed by atoms with E-state index in [1.165, 1.54) is 0 Å². The Kier molecular flexibility index (Phi) is 3.80. The molecule has 0 radical (unpaired) electrons. The van der Waals surface area contributed by atoms with Crippen LogP contribution in [0.25, 0.3) is 6.08 Å². The Morgan fingerprint density at radius 3 is 2.73 bits per heavy atom. The number of nitrogens with two attached hydrogens (primary N) is 1. The second-order valence-corrected chi connectivity index (χ2v) is 3.32. The fourth-order valence-electron chi connectivity index (χ4n) is 1.25. The number of hydrogen-bond acceptors (Lipinski definition) is 2. The van der Waals surface area contributed by atoms with Crippen LogP contribution in [0.4, 0.5) is 0 Å². The van der Waals surface area contributed by atoms with Crippen LogP contribution in [0.3, 0.4) is 0 Å². The van der Waals surface area contributed by atoms with E-state index in [4.69, 9.17) is 5.73 Å². The number of hydrogen-bond donors (Lipinski definition) is 1. The molecule has 0 aromatic heterocycles. The largest absolute Gasteiger partial charge is 0.369 e. The average Bonchev–Trinajstić information content (AvgIpc) is 2.19. The van der Waals surface area contributed by atoms with E-state index in [0.29, 0.717) is 5.56 Å². The number of rotatable bonds is 4. The van der Waals surface area contributed by atoms with Crippen molar-refractivity contribution in [2.24, 2.45) is 5.73 Å². The Morgan fingerprint density at radius 1 is 1.40 bits per heavy atom. The summed E-state index contributed by atoms with van der Waals surface area (Å²) in [6.45, 7) is 1.92. The summed E-state index contributed by atoms with van der Waals surface area (Å²) in [7, 11) is 0. The lowest BCUT2D eigenvalue weighted by atomic mass is 10.0. The van der Waals surface area contributed by atoms with E-state index in [1.807, 2.05) is 19.1 Å². The van der Waals surface area contributed by atoms with Gasteiger partial charge in [0.25, 0.3) is 0 Å². The van der Waals surface area contributed by atoms with Crippen LogP contribution in [0.5, 0.6) is 0 Å². The van der Waals surface area contributed by atoms with Crippen LogP contribution in [-0.4, -0.2) is 12.2 Å². The van der Waals surface area contributed by atoms with E-state index >= 15 is 0 Å². The van der Waals surface area contributed by atoms with Crippen LogP contribution < -0.4 is 5.73 Å². The maximum Gasteiger partial charge on any atom is 0.221 e. The maximum absolute atomic E-state index is 10.8. The van der Waals surface area contributed by atoms with Gasteiger partial charge in [0, 0.05) is 12.0 Å². The van der Waals surface area contributed by atoms with Gasteiger partial charge in [-0.05, 0) is 18.6 Å². The van der Waals surface area contributed by atoms with Gasteiger partial charge >= 0.3 is 0 Å². The van der Waals surface area contributed by atoms with Gasteiger partial charge in [-0.2, -0.15) is 0 Å². The second kappa shape index (κ2) is 5.10. The zero-order chi connectivity index (χ0) is 11.3. The highest BCUT2D eigenvalue weighted by Crippen LogP contribution is 2.11. The Balaban J connectivity index is 2.89. The molecule has 3 nitrogen and oxygen atoms in total. The topological polar surface area (TPSA) is 60.2 Å². The minimum absolute atomic E-state index is 0.187. The fourth-order valence-corrected chi connectivity index (χ4v) is 1.25. The van der Waals surface area contributed by atoms with Gasteiger partial charge in [-0.3, -0.25) is 9.59 Å². The Morgan fingerprint density at radius 2 is 2.13 bits per heavy atom. The summed E-state index contributed by atoms with van der Waals surface area (Å²) in [6.07, 6.45) is 4.37. The summed E-state index contributed by atoms with van der Waals surface area (Å²) in [5, 5.41) is 0. The molecule has 0 spiro atoms. The van der Waals surface area contributed by atoms with E-state index in [-0.39, 0.29) is 12.3 Å². The lowest BCUT2D eigenvalue weighted by Crippen LogP contribution is -2.07. The molecule has 0 aliphatic heterocycles. The van der Waals surface area contributed by atoms with Gasteiger partial charge in [-0.15, -0.1) is 0 Å². The molecule has 78 valence electrons. The molecule has 1 rings (SSSR count). The first-order valence-corrected chi connectivity index (χ1v) is 4.64. The normalized spacial score (nSPS) is 10.5. The van der Waals surface area contributed by atoms with Crippen molar-refractivity contribution in [3.63, 3.8) is 0 Å². The van der Waals surface area contributed by atoms with Crippen molar-refractivity contribution in [1.82, 2.24) is 0 Å². The van der Waals surface area contributed by atoms with E-state index in [0.717, 1.165) is 17.4 Å². The predicted octanol–water partition coefficient (Wildman–Crippen LogP) is 1.70. The molecular weight excluding hydrogens is 190 g/mol. The number of amides is 1. The van der Waals surface area contributed by atoms with Crippen LogP contribution in [0.1, 0.15) is 27.9 Å². The summed E-state index contributed by atoms with van der Waals surface area (Å²) in [5.41, 5.74) is 7.45. The first-order valence-electron chi connectivity index (χ1n) is 4.64.